The van der Waals surface area contributed by atoms with Crippen molar-refractivity contribution in [2.24, 2.45) is 5.14 Å². The van der Waals surface area contributed by atoms with E-state index in [0.717, 1.165) is 25.9 Å². The van der Waals surface area contributed by atoms with E-state index < -0.39 is 37.9 Å². The lowest BCUT2D eigenvalue weighted by Crippen LogP contribution is -2.46. The number of imide groups is 1. The van der Waals surface area contributed by atoms with Crippen LogP contribution in [0.25, 0.3) is 0 Å². The maximum Gasteiger partial charge on any atom is 0.252 e. The van der Waals surface area contributed by atoms with Crippen molar-refractivity contribution < 1.29 is 26.4 Å². The van der Waals surface area contributed by atoms with Crippen molar-refractivity contribution in [1.82, 2.24) is 4.31 Å². The lowest BCUT2D eigenvalue weighted by atomic mass is 10.0. The highest BCUT2D eigenvalue weighted by Crippen LogP contribution is 2.34. The number of primary sulfonamides is 1. The van der Waals surface area contributed by atoms with Crippen LogP contribution < -0.4 is 10.0 Å². The Morgan fingerprint density at radius 2 is 1.43 bits per heavy atom. The van der Waals surface area contributed by atoms with Crippen molar-refractivity contribution >= 4 is 37.5 Å². The SMILES string of the molecule is Cc1cc(C)c(C)c(S(=O)(=O)N(CCc2ccc(S(N)(=O)=O)cc2)C2CC(=O)N(c3ccc(C(C)C)cc3)C2=O)c1C. The van der Waals surface area contributed by atoms with E-state index in [-0.39, 0.29) is 35.1 Å². The number of nitrogens with zero attached hydrogens (tertiary/aromatic N) is 2. The van der Waals surface area contributed by atoms with Crippen LogP contribution in [0, 0.1) is 27.7 Å². The monoisotopic (exact) mass is 611 g/mol. The third-order valence-electron chi connectivity index (χ3n) is 8.03. The van der Waals surface area contributed by atoms with Crippen molar-refractivity contribution in [2.45, 2.75) is 76.1 Å². The molecule has 3 aromatic carbocycles. The molecule has 0 spiro atoms. The summed E-state index contributed by atoms with van der Waals surface area (Å²) in [5, 5.41) is 5.21. The highest BCUT2D eigenvalue weighted by atomic mass is 32.2. The van der Waals surface area contributed by atoms with Crippen LogP contribution in [0.1, 0.15) is 59.6 Å². The van der Waals surface area contributed by atoms with Gasteiger partial charge in [0.25, 0.3) is 5.91 Å². The average Bonchev–Trinajstić information content (AvgIpc) is 3.20. The van der Waals surface area contributed by atoms with Crippen molar-refractivity contribution in [3.05, 3.63) is 88.0 Å². The van der Waals surface area contributed by atoms with Gasteiger partial charge in [0, 0.05) is 6.54 Å². The van der Waals surface area contributed by atoms with Gasteiger partial charge in [-0.1, -0.05) is 44.2 Å². The summed E-state index contributed by atoms with van der Waals surface area (Å²) in [7, 11) is -8.14. The van der Waals surface area contributed by atoms with E-state index in [1.54, 1.807) is 38.1 Å². The quantitative estimate of drug-likeness (QED) is 0.360. The molecule has 1 aliphatic heterocycles. The number of carbonyl (C=O) groups excluding carboxylic acids is 2. The predicted molar refractivity (Wildman–Crippen MR) is 162 cm³/mol. The summed E-state index contributed by atoms with van der Waals surface area (Å²) in [4.78, 5) is 28.2. The number of nitrogens with two attached hydrogens (primary N) is 1. The molecule has 1 unspecified atom stereocenters. The van der Waals surface area contributed by atoms with Crippen LogP contribution >= 0.6 is 0 Å². The zero-order chi connectivity index (χ0) is 31.1. The predicted octanol–water partition coefficient (Wildman–Crippen LogP) is 4.26. The summed E-state index contributed by atoms with van der Waals surface area (Å²) >= 11 is 0. The second-order valence-corrected chi connectivity index (χ2v) is 14.6. The average molecular weight is 612 g/mol. The fourth-order valence-corrected chi connectivity index (χ4v) is 8.01. The molecule has 0 radical (unpaired) electrons. The van der Waals surface area contributed by atoms with Crippen molar-refractivity contribution in [3.63, 3.8) is 0 Å². The molecule has 11 heteroatoms. The van der Waals surface area contributed by atoms with Gasteiger partial charge in [-0.2, -0.15) is 4.31 Å². The minimum absolute atomic E-state index is 0.0621. The van der Waals surface area contributed by atoms with E-state index in [2.05, 4.69) is 0 Å². The molecule has 2 amide bonds. The van der Waals surface area contributed by atoms with E-state index in [4.69, 9.17) is 5.14 Å². The van der Waals surface area contributed by atoms with Gasteiger partial charge < -0.3 is 0 Å². The Morgan fingerprint density at radius 3 is 1.93 bits per heavy atom. The van der Waals surface area contributed by atoms with Crippen LogP contribution in [0.15, 0.2) is 64.4 Å². The highest BCUT2D eigenvalue weighted by molar-refractivity contribution is 7.89. The molecule has 42 heavy (non-hydrogen) atoms. The first kappa shape index (κ1) is 31.6. The topological polar surface area (TPSA) is 135 Å². The second-order valence-electron chi connectivity index (χ2n) is 11.2. The molecule has 0 aromatic heterocycles. The second kappa shape index (κ2) is 11.7. The van der Waals surface area contributed by atoms with Gasteiger partial charge in [0.05, 0.1) is 21.9 Å². The van der Waals surface area contributed by atoms with Crippen LogP contribution in [0.5, 0.6) is 0 Å². The number of carbonyl (C=O) groups is 2. The van der Waals surface area contributed by atoms with E-state index in [9.17, 15) is 26.4 Å². The van der Waals surface area contributed by atoms with Gasteiger partial charge in [-0.25, -0.2) is 26.9 Å². The molecule has 2 N–H and O–H groups in total. The van der Waals surface area contributed by atoms with Crippen molar-refractivity contribution in [2.75, 3.05) is 11.4 Å². The normalized spacial score (nSPS) is 16.2. The maximum atomic E-state index is 14.4. The third-order valence-corrected chi connectivity index (χ3v) is 11.1. The van der Waals surface area contributed by atoms with E-state index in [0.29, 0.717) is 22.4 Å². The summed E-state index contributed by atoms with van der Waals surface area (Å²) in [6.45, 7) is 11.1. The summed E-state index contributed by atoms with van der Waals surface area (Å²) in [5.74, 6) is -0.820. The molecule has 1 aliphatic rings. The third kappa shape index (κ3) is 6.05. The number of rotatable bonds is 9. The lowest BCUT2D eigenvalue weighted by Gasteiger charge is -2.29. The number of sulfonamides is 2. The minimum atomic E-state index is -4.25. The molecule has 1 heterocycles. The van der Waals surface area contributed by atoms with Gasteiger partial charge in [-0.05, 0) is 97.7 Å². The number of benzene rings is 3. The first-order valence-corrected chi connectivity index (χ1v) is 16.7. The summed E-state index contributed by atoms with van der Waals surface area (Å²) in [6.07, 6.45) is -0.120. The molecular weight excluding hydrogens is 574 g/mol. The van der Waals surface area contributed by atoms with Gasteiger partial charge in [0.1, 0.15) is 6.04 Å². The Hall–Kier alpha value is -3.38. The molecule has 9 nitrogen and oxygen atoms in total. The van der Waals surface area contributed by atoms with Gasteiger partial charge in [-0.3, -0.25) is 9.59 Å². The van der Waals surface area contributed by atoms with Gasteiger partial charge in [-0.15, -0.1) is 0 Å². The number of anilines is 1. The zero-order valence-corrected chi connectivity index (χ0v) is 26.3. The van der Waals surface area contributed by atoms with Gasteiger partial charge in [0.2, 0.25) is 26.0 Å². The highest BCUT2D eigenvalue weighted by Gasteiger charge is 2.47. The molecule has 1 saturated heterocycles. The fourth-order valence-electron chi connectivity index (χ4n) is 5.33. The number of hydrogen-bond acceptors (Lipinski definition) is 6. The molecule has 224 valence electrons. The first-order chi connectivity index (χ1) is 19.5. The molecule has 4 rings (SSSR count). The van der Waals surface area contributed by atoms with Gasteiger partial charge >= 0.3 is 0 Å². The molecule has 3 aromatic rings. The fraction of sp³-hybridized carbons (Fsp3) is 0.355. The van der Waals surface area contributed by atoms with E-state index in [1.165, 1.54) is 12.1 Å². The van der Waals surface area contributed by atoms with Crippen molar-refractivity contribution in [1.29, 1.82) is 0 Å². The Bertz CT molecular complexity index is 1720. The first-order valence-electron chi connectivity index (χ1n) is 13.7. The Morgan fingerprint density at radius 1 is 0.881 bits per heavy atom. The number of aryl methyl sites for hydroxylation is 2. The molecule has 0 bridgehead atoms. The molecule has 0 saturated carbocycles. The molecule has 0 aliphatic carbocycles. The number of amides is 2. The standard InChI is InChI=1S/C31H37N3O6S2/c1-19(2)25-9-11-26(12-10-25)34-29(35)18-28(31(34)36)33(16-15-24-7-13-27(14-8-24)41(32,37)38)42(39,40)30-22(5)20(3)17-21(4)23(30)6/h7-14,17,19,28H,15-16,18H2,1-6H3,(H2,32,37,38). The Kier molecular flexibility index (Phi) is 8.80. The lowest BCUT2D eigenvalue weighted by molar-refractivity contribution is -0.122. The summed E-state index contributed by atoms with van der Waals surface area (Å²) < 4.78 is 53.4. The largest absolute Gasteiger partial charge is 0.274 e. The van der Waals surface area contributed by atoms with Crippen LogP contribution in [0.3, 0.4) is 0 Å². The Labute approximate surface area is 248 Å². The maximum absolute atomic E-state index is 14.4. The summed E-state index contributed by atoms with van der Waals surface area (Å²) in [6, 6.07) is 13.6. The molecular formula is C31H37N3O6S2. The minimum Gasteiger partial charge on any atom is -0.274 e. The molecule has 1 atom stereocenters. The smallest absolute Gasteiger partial charge is 0.252 e. The van der Waals surface area contributed by atoms with Crippen LogP contribution in [-0.2, 0) is 36.1 Å². The Balaban J connectivity index is 1.76. The van der Waals surface area contributed by atoms with Crippen LogP contribution in [0.4, 0.5) is 5.69 Å². The zero-order valence-electron chi connectivity index (χ0n) is 24.7. The van der Waals surface area contributed by atoms with E-state index in [1.807, 2.05) is 45.9 Å². The van der Waals surface area contributed by atoms with Gasteiger partial charge in [0.15, 0.2) is 0 Å². The number of hydrogen-bond donors (Lipinski definition) is 1. The van der Waals surface area contributed by atoms with Crippen molar-refractivity contribution in [3.8, 4) is 0 Å². The molecule has 1 fully saturated rings. The van der Waals surface area contributed by atoms with Crippen LogP contribution in [-0.4, -0.2) is 45.5 Å². The van der Waals surface area contributed by atoms with E-state index >= 15 is 0 Å². The summed E-state index contributed by atoms with van der Waals surface area (Å²) in [5.41, 5.74) is 4.86. The van der Waals surface area contributed by atoms with Crippen LogP contribution in [0.2, 0.25) is 0 Å².